The Morgan fingerprint density at radius 3 is 2.38 bits per heavy atom. The van der Waals surface area contributed by atoms with Gasteiger partial charge in [0.25, 0.3) is 0 Å². The van der Waals surface area contributed by atoms with E-state index in [2.05, 4.69) is 10.2 Å². The van der Waals surface area contributed by atoms with Crippen LogP contribution >= 0.6 is 0 Å². The number of rotatable bonds is 4. The summed E-state index contributed by atoms with van der Waals surface area (Å²) in [4.78, 5) is 27.7. The second-order valence-corrected chi connectivity index (χ2v) is 7.90. The van der Waals surface area contributed by atoms with Gasteiger partial charge in [-0.3, -0.25) is 4.90 Å². The van der Waals surface area contributed by atoms with E-state index in [1.807, 2.05) is 51.1 Å². The summed E-state index contributed by atoms with van der Waals surface area (Å²) >= 11 is 0. The number of benzene rings is 1. The lowest BCUT2D eigenvalue weighted by Crippen LogP contribution is -2.70. The Bertz CT molecular complexity index is 632. The Balaban J connectivity index is 1.30. The maximum atomic E-state index is 12.0. The Morgan fingerprint density at radius 2 is 1.77 bits per heavy atom. The van der Waals surface area contributed by atoms with Crippen molar-refractivity contribution in [2.45, 2.75) is 45.1 Å². The second kappa shape index (κ2) is 7.53. The van der Waals surface area contributed by atoms with Gasteiger partial charge in [0.05, 0.1) is 6.04 Å². The Hall–Kier alpha value is -2.28. The van der Waals surface area contributed by atoms with Crippen LogP contribution in [-0.4, -0.2) is 65.9 Å². The molecule has 0 radical (unpaired) electrons. The zero-order valence-corrected chi connectivity index (χ0v) is 15.6. The average Bonchev–Trinajstić information content (AvgIpc) is 2.48. The number of likely N-dealkylation sites (tertiary alicyclic amines) is 2. The third-order valence-electron chi connectivity index (χ3n) is 4.47. The third-order valence-corrected chi connectivity index (χ3v) is 4.47. The highest BCUT2D eigenvalue weighted by Gasteiger charge is 2.41. The number of nitrogens with one attached hydrogen (secondary N) is 1. The highest BCUT2D eigenvalue weighted by molar-refractivity contribution is 5.69. The normalized spacial score (nSPS) is 18.7. The van der Waals surface area contributed by atoms with Crippen molar-refractivity contribution >= 4 is 12.2 Å². The van der Waals surface area contributed by atoms with Crippen molar-refractivity contribution in [3.63, 3.8) is 0 Å². The molecular formula is C19H27N3O4. The highest BCUT2D eigenvalue weighted by atomic mass is 16.6. The summed E-state index contributed by atoms with van der Waals surface area (Å²) in [6.07, 6.45) is -0.643. The molecule has 1 aromatic carbocycles. The van der Waals surface area contributed by atoms with Crippen LogP contribution in [0.1, 0.15) is 26.3 Å². The molecule has 0 atom stereocenters. The minimum atomic E-state index is -0.484. The fraction of sp³-hybridized carbons (Fsp3) is 0.579. The van der Waals surface area contributed by atoms with E-state index in [1.165, 1.54) is 0 Å². The fourth-order valence-electron chi connectivity index (χ4n) is 3.02. The summed E-state index contributed by atoms with van der Waals surface area (Å²) in [5.41, 5.74) is 0.499. The lowest BCUT2D eigenvalue weighted by atomic mass is 10.0. The quantitative estimate of drug-likeness (QED) is 0.890. The minimum Gasteiger partial charge on any atom is -0.445 e. The van der Waals surface area contributed by atoms with Crippen LogP contribution in [0.5, 0.6) is 0 Å². The maximum Gasteiger partial charge on any atom is 0.410 e. The molecule has 0 aliphatic carbocycles. The molecule has 0 bridgehead atoms. The zero-order chi connectivity index (χ0) is 18.7. The number of ether oxygens (including phenoxy) is 2. The van der Waals surface area contributed by atoms with Gasteiger partial charge in [-0.25, -0.2) is 9.59 Å². The molecule has 2 heterocycles. The summed E-state index contributed by atoms with van der Waals surface area (Å²) < 4.78 is 10.6. The van der Waals surface area contributed by atoms with E-state index in [0.717, 1.165) is 18.7 Å². The summed E-state index contributed by atoms with van der Waals surface area (Å²) in [5, 5.41) is 2.87. The molecule has 0 unspecified atom stereocenters. The van der Waals surface area contributed by atoms with E-state index < -0.39 is 5.60 Å². The predicted octanol–water partition coefficient (Wildman–Crippen LogP) is 2.22. The molecule has 0 saturated carbocycles. The van der Waals surface area contributed by atoms with Gasteiger partial charge < -0.3 is 19.7 Å². The van der Waals surface area contributed by atoms with E-state index in [-0.39, 0.29) is 18.2 Å². The standard InChI is InChI=1S/C19H27N3O4/c1-19(2,3)26-17(23)20-15-9-21(10-15)16-11-22(12-16)18(24)25-13-14-7-5-4-6-8-14/h4-8,15-16H,9-13H2,1-3H3,(H,20,23). The minimum absolute atomic E-state index is 0.115. The number of hydrogen-bond acceptors (Lipinski definition) is 5. The van der Waals surface area contributed by atoms with Gasteiger partial charge in [-0.1, -0.05) is 30.3 Å². The van der Waals surface area contributed by atoms with Crippen LogP contribution < -0.4 is 5.32 Å². The number of nitrogens with zero attached hydrogens (tertiary/aromatic N) is 2. The van der Waals surface area contributed by atoms with Gasteiger partial charge >= 0.3 is 12.2 Å². The molecule has 0 aromatic heterocycles. The molecule has 3 rings (SSSR count). The van der Waals surface area contributed by atoms with Crippen molar-refractivity contribution in [1.29, 1.82) is 0 Å². The molecular weight excluding hydrogens is 334 g/mol. The average molecular weight is 361 g/mol. The third kappa shape index (κ3) is 4.88. The van der Waals surface area contributed by atoms with E-state index in [1.54, 1.807) is 4.90 Å². The first-order valence-electron chi connectivity index (χ1n) is 8.99. The molecule has 2 saturated heterocycles. The summed E-state index contributed by atoms with van der Waals surface area (Å²) in [6.45, 7) is 8.76. The van der Waals surface area contributed by atoms with Crippen molar-refractivity contribution < 1.29 is 19.1 Å². The van der Waals surface area contributed by atoms with Crippen LogP contribution in [0, 0.1) is 0 Å². The van der Waals surface area contributed by atoms with Crippen LogP contribution in [0.3, 0.4) is 0 Å². The van der Waals surface area contributed by atoms with E-state index >= 15 is 0 Å². The molecule has 26 heavy (non-hydrogen) atoms. The summed E-state index contributed by atoms with van der Waals surface area (Å²) in [7, 11) is 0. The van der Waals surface area contributed by atoms with Gasteiger partial charge in [-0.2, -0.15) is 0 Å². The van der Waals surface area contributed by atoms with Gasteiger partial charge in [0.2, 0.25) is 0 Å². The highest BCUT2D eigenvalue weighted by Crippen LogP contribution is 2.22. The van der Waals surface area contributed by atoms with Crippen molar-refractivity contribution in [2.24, 2.45) is 0 Å². The zero-order valence-electron chi connectivity index (χ0n) is 15.6. The molecule has 1 N–H and O–H groups in total. The Labute approximate surface area is 154 Å². The van der Waals surface area contributed by atoms with Crippen molar-refractivity contribution in [2.75, 3.05) is 26.2 Å². The first-order chi connectivity index (χ1) is 12.3. The molecule has 2 amide bonds. The van der Waals surface area contributed by atoms with E-state index in [4.69, 9.17) is 9.47 Å². The molecule has 142 valence electrons. The number of carbonyl (C=O) groups is 2. The van der Waals surface area contributed by atoms with Crippen LogP contribution in [-0.2, 0) is 16.1 Å². The number of amides is 2. The van der Waals surface area contributed by atoms with Gasteiger partial charge in [-0.05, 0) is 26.3 Å². The van der Waals surface area contributed by atoms with Crippen LogP contribution in [0.4, 0.5) is 9.59 Å². The molecule has 2 aliphatic rings. The topological polar surface area (TPSA) is 71.1 Å². The molecule has 2 fully saturated rings. The molecule has 2 aliphatic heterocycles. The molecule has 7 heteroatoms. The SMILES string of the molecule is CC(C)(C)OC(=O)NC1CN(C2CN(C(=O)OCc3ccccc3)C2)C1. The van der Waals surface area contributed by atoms with Crippen molar-refractivity contribution in [3.8, 4) is 0 Å². The predicted molar refractivity (Wildman–Crippen MR) is 96.7 cm³/mol. The van der Waals surface area contributed by atoms with Crippen molar-refractivity contribution in [3.05, 3.63) is 35.9 Å². The van der Waals surface area contributed by atoms with Crippen LogP contribution in [0.15, 0.2) is 30.3 Å². The van der Waals surface area contributed by atoms with E-state index in [0.29, 0.717) is 25.7 Å². The van der Waals surface area contributed by atoms with Gasteiger partial charge in [0, 0.05) is 32.2 Å². The second-order valence-electron chi connectivity index (χ2n) is 7.90. The molecule has 0 spiro atoms. The smallest absolute Gasteiger partial charge is 0.410 e. The van der Waals surface area contributed by atoms with E-state index in [9.17, 15) is 9.59 Å². The first-order valence-corrected chi connectivity index (χ1v) is 8.99. The number of hydrogen-bond donors (Lipinski definition) is 1. The molecule has 1 aromatic rings. The van der Waals surface area contributed by atoms with Crippen molar-refractivity contribution in [1.82, 2.24) is 15.1 Å². The Morgan fingerprint density at radius 1 is 1.12 bits per heavy atom. The fourth-order valence-corrected chi connectivity index (χ4v) is 3.02. The van der Waals surface area contributed by atoms with Crippen LogP contribution in [0.2, 0.25) is 0 Å². The largest absolute Gasteiger partial charge is 0.445 e. The summed E-state index contributed by atoms with van der Waals surface area (Å²) in [5.74, 6) is 0. The number of carbonyl (C=O) groups excluding carboxylic acids is 2. The first kappa shape index (κ1) is 18.5. The number of alkyl carbamates (subject to hydrolysis) is 1. The Kier molecular flexibility index (Phi) is 5.36. The van der Waals surface area contributed by atoms with Crippen LogP contribution in [0.25, 0.3) is 0 Å². The lowest BCUT2D eigenvalue weighted by molar-refractivity contribution is -0.0211. The monoisotopic (exact) mass is 361 g/mol. The van der Waals surface area contributed by atoms with Gasteiger partial charge in [0.1, 0.15) is 12.2 Å². The van der Waals surface area contributed by atoms with Gasteiger partial charge in [-0.15, -0.1) is 0 Å². The summed E-state index contributed by atoms with van der Waals surface area (Å²) in [6, 6.07) is 10.1. The molecule has 7 nitrogen and oxygen atoms in total. The lowest BCUT2D eigenvalue weighted by Gasteiger charge is -2.51. The maximum absolute atomic E-state index is 12.0. The van der Waals surface area contributed by atoms with Gasteiger partial charge in [0.15, 0.2) is 0 Å².